The molecule has 0 bridgehead atoms. The summed E-state index contributed by atoms with van der Waals surface area (Å²) in [5.41, 5.74) is 1.44. The molecule has 2 aliphatic rings. The lowest BCUT2D eigenvalue weighted by atomic mass is 9.91. The van der Waals surface area contributed by atoms with Crippen LogP contribution in [-0.2, 0) is 25.1 Å². The smallest absolute Gasteiger partial charge is 0.316 e. The molecule has 1 amide bonds. The molecule has 0 radical (unpaired) electrons. The van der Waals surface area contributed by atoms with Crippen LogP contribution in [0.3, 0.4) is 0 Å². The van der Waals surface area contributed by atoms with Gasteiger partial charge in [-0.1, -0.05) is 43.2 Å². The molecule has 1 aromatic carbocycles. The first-order valence-corrected chi connectivity index (χ1v) is 12.5. The third-order valence-electron chi connectivity index (χ3n) is 7.64. The Morgan fingerprint density at radius 3 is 2.61 bits per heavy atom. The Labute approximate surface area is 209 Å². The molecule has 6 rings (SSSR count). The Balaban J connectivity index is 1.43. The molecule has 4 aromatic rings. The summed E-state index contributed by atoms with van der Waals surface area (Å²) in [6, 6.07) is 15.7. The van der Waals surface area contributed by atoms with Gasteiger partial charge in [0, 0.05) is 44.3 Å². The van der Waals surface area contributed by atoms with Crippen molar-refractivity contribution in [1.82, 2.24) is 24.0 Å². The molecule has 36 heavy (non-hydrogen) atoms. The Bertz CT molecular complexity index is 1480. The van der Waals surface area contributed by atoms with E-state index in [1.165, 1.54) is 0 Å². The van der Waals surface area contributed by atoms with Gasteiger partial charge < -0.3 is 18.8 Å². The fourth-order valence-corrected chi connectivity index (χ4v) is 5.74. The van der Waals surface area contributed by atoms with Gasteiger partial charge in [0.25, 0.3) is 5.91 Å². The number of likely N-dealkylation sites (N-methyl/N-ethyl adjacent to an activating group) is 1. The van der Waals surface area contributed by atoms with E-state index in [4.69, 9.17) is 4.74 Å². The zero-order valence-corrected chi connectivity index (χ0v) is 20.4. The molecule has 8 nitrogen and oxygen atoms in total. The van der Waals surface area contributed by atoms with Crippen LogP contribution in [0, 0.1) is 0 Å². The molecule has 1 saturated carbocycles. The second-order valence-electron chi connectivity index (χ2n) is 9.87. The van der Waals surface area contributed by atoms with E-state index in [9.17, 15) is 9.59 Å². The van der Waals surface area contributed by atoms with Crippen molar-refractivity contribution in [3.05, 3.63) is 88.4 Å². The molecule has 0 spiro atoms. The van der Waals surface area contributed by atoms with Crippen LogP contribution in [-0.4, -0.2) is 43.5 Å². The lowest BCUT2D eigenvalue weighted by Crippen LogP contribution is -2.43. The molecule has 184 valence electrons. The SMILES string of the molecule is CN1CCn2c(CC3(n4ccc5cccnc54)CCCC3)nc(=O)c(OCc3ccccc3)c2C1=O. The molecule has 3 aromatic heterocycles. The van der Waals surface area contributed by atoms with Crippen molar-refractivity contribution in [3.63, 3.8) is 0 Å². The van der Waals surface area contributed by atoms with E-state index in [2.05, 4.69) is 32.9 Å². The van der Waals surface area contributed by atoms with Crippen LogP contribution in [0.4, 0.5) is 0 Å². The maximum absolute atomic E-state index is 13.3. The fraction of sp³-hybridized carbons (Fsp3) is 0.357. The molecule has 0 atom stereocenters. The van der Waals surface area contributed by atoms with Crippen LogP contribution in [0.2, 0.25) is 0 Å². The molecule has 1 aliphatic carbocycles. The summed E-state index contributed by atoms with van der Waals surface area (Å²) in [7, 11) is 1.76. The number of rotatable bonds is 6. The second-order valence-corrected chi connectivity index (χ2v) is 9.87. The monoisotopic (exact) mass is 483 g/mol. The number of fused-ring (bicyclic) bond motifs is 2. The predicted octanol–water partition coefficient (Wildman–Crippen LogP) is 3.77. The van der Waals surface area contributed by atoms with E-state index in [1.54, 1.807) is 11.9 Å². The first-order chi connectivity index (χ1) is 17.6. The van der Waals surface area contributed by atoms with Crippen molar-refractivity contribution >= 4 is 16.9 Å². The number of carbonyl (C=O) groups excluding carboxylic acids is 1. The van der Waals surface area contributed by atoms with Crippen LogP contribution in [0.15, 0.2) is 65.7 Å². The molecule has 0 saturated heterocycles. The lowest BCUT2D eigenvalue weighted by Gasteiger charge is -2.34. The van der Waals surface area contributed by atoms with Gasteiger partial charge in [0.15, 0.2) is 5.69 Å². The number of amides is 1. The number of hydrogen-bond donors (Lipinski definition) is 0. The third-order valence-corrected chi connectivity index (χ3v) is 7.64. The van der Waals surface area contributed by atoms with E-state index < -0.39 is 5.56 Å². The van der Waals surface area contributed by atoms with Crippen molar-refractivity contribution in [2.75, 3.05) is 13.6 Å². The molecule has 0 N–H and O–H groups in total. The average molecular weight is 484 g/mol. The van der Waals surface area contributed by atoms with Crippen LogP contribution in [0.5, 0.6) is 5.75 Å². The van der Waals surface area contributed by atoms with Gasteiger partial charge in [0.2, 0.25) is 5.75 Å². The number of hydrogen-bond acceptors (Lipinski definition) is 5. The van der Waals surface area contributed by atoms with Crippen LogP contribution in [0.1, 0.15) is 47.6 Å². The largest absolute Gasteiger partial charge is 0.481 e. The minimum atomic E-state index is -0.487. The zero-order valence-electron chi connectivity index (χ0n) is 20.4. The van der Waals surface area contributed by atoms with Crippen molar-refractivity contribution in [2.45, 2.75) is 50.8 Å². The first kappa shape index (κ1) is 22.5. The molecule has 0 unspecified atom stereocenters. The molecule has 4 heterocycles. The van der Waals surface area contributed by atoms with Crippen molar-refractivity contribution < 1.29 is 9.53 Å². The number of carbonyl (C=O) groups is 1. The van der Waals surface area contributed by atoms with Crippen LogP contribution < -0.4 is 10.3 Å². The Morgan fingerprint density at radius 2 is 1.81 bits per heavy atom. The summed E-state index contributed by atoms with van der Waals surface area (Å²) in [5.74, 6) is 0.467. The molecule has 8 heteroatoms. The van der Waals surface area contributed by atoms with Crippen LogP contribution >= 0.6 is 0 Å². The van der Waals surface area contributed by atoms with Gasteiger partial charge in [0.05, 0.1) is 5.54 Å². The number of ether oxygens (including phenoxy) is 1. The quantitative estimate of drug-likeness (QED) is 0.417. The number of aromatic nitrogens is 4. The van der Waals surface area contributed by atoms with Gasteiger partial charge in [0.1, 0.15) is 18.1 Å². The summed E-state index contributed by atoms with van der Waals surface area (Å²) < 4.78 is 10.2. The minimum Gasteiger partial charge on any atom is -0.481 e. The van der Waals surface area contributed by atoms with Gasteiger partial charge in [-0.25, -0.2) is 4.98 Å². The Morgan fingerprint density at radius 1 is 1.00 bits per heavy atom. The Kier molecular flexibility index (Phi) is 5.59. The van der Waals surface area contributed by atoms with Crippen molar-refractivity contribution in [1.29, 1.82) is 0 Å². The lowest BCUT2D eigenvalue weighted by molar-refractivity contribution is 0.0733. The summed E-state index contributed by atoms with van der Waals surface area (Å²) in [5, 5.41) is 1.09. The van der Waals surface area contributed by atoms with Crippen molar-refractivity contribution in [3.8, 4) is 5.75 Å². The third kappa shape index (κ3) is 3.77. The van der Waals surface area contributed by atoms with Crippen molar-refractivity contribution in [2.24, 2.45) is 0 Å². The van der Waals surface area contributed by atoms with E-state index in [0.29, 0.717) is 31.0 Å². The minimum absolute atomic E-state index is 0.0349. The number of nitrogens with zero attached hydrogens (tertiary/aromatic N) is 5. The first-order valence-electron chi connectivity index (χ1n) is 12.5. The van der Waals surface area contributed by atoms with E-state index in [-0.39, 0.29) is 23.8 Å². The average Bonchev–Trinajstić information content (AvgIpc) is 3.54. The van der Waals surface area contributed by atoms with Gasteiger partial charge in [-0.15, -0.1) is 0 Å². The summed E-state index contributed by atoms with van der Waals surface area (Å²) >= 11 is 0. The summed E-state index contributed by atoms with van der Waals surface area (Å²) in [6.45, 7) is 1.33. The maximum atomic E-state index is 13.3. The highest BCUT2D eigenvalue weighted by Crippen LogP contribution is 2.41. The van der Waals surface area contributed by atoms with Gasteiger partial charge in [-0.2, -0.15) is 4.98 Å². The van der Waals surface area contributed by atoms with Gasteiger partial charge >= 0.3 is 5.56 Å². The summed E-state index contributed by atoms with van der Waals surface area (Å²) in [4.78, 5) is 37.5. The van der Waals surface area contributed by atoms with Gasteiger partial charge in [-0.05, 0) is 36.6 Å². The standard InChI is InChI=1S/C28H29N5O3/c1-31-16-17-32-22(18-28(12-5-6-13-28)33-15-11-21-10-7-14-29-25(21)33)30-26(34)24(23(32)27(31)35)36-19-20-8-3-2-4-9-20/h2-4,7-11,14-15H,5-6,12-13,16-19H2,1H3. The maximum Gasteiger partial charge on any atom is 0.316 e. The van der Waals surface area contributed by atoms with E-state index in [1.807, 2.05) is 47.2 Å². The normalized spacial score (nSPS) is 16.9. The number of benzene rings is 1. The molecular weight excluding hydrogens is 454 g/mol. The zero-order chi connectivity index (χ0) is 24.7. The highest BCUT2D eigenvalue weighted by molar-refractivity contribution is 5.95. The molecule has 1 fully saturated rings. The molecule has 1 aliphatic heterocycles. The Hall–Kier alpha value is -3.94. The number of pyridine rings is 1. The van der Waals surface area contributed by atoms with Crippen LogP contribution in [0.25, 0.3) is 11.0 Å². The highest BCUT2D eigenvalue weighted by Gasteiger charge is 2.40. The fourth-order valence-electron chi connectivity index (χ4n) is 5.74. The van der Waals surface area contributed by atoms with Gasteiger partial charge in [-0.3, -0.25) is 9.59 Å². The highest BCUT2D eigenvalue weighted by atomic mass is 16.5. The predicted molar refractivity (Wildman–Crippen MR) is 136 cm³/mol. The summed E-state index contributed by atoms with van der Waals surface area (Å²) in [6.07, 6.45) is 8.63. The van der Waals surface area contributed by atoms with E-state index >= 15 is 0 Å². The topological polar surface area (TPSA) is 82.2 Å². The molecular formula is C28H29N5O3. The second kappa shape index (κ2) is 8.93. The van der Waals surface area contributed by atoms with E-state index in [0.717, 1.165) is 42.3 Å².